The Morgan fingerprint density at radius 2 is 2.19 bits per heavy atom. The lowest BCUT2D eigenvalue weighted by Crippen LogP contribution is -2.25. The first-order chi connectivity index (χ1) is 9.94. The van der Waals surface area contributed by atoms with Crippen LogP contribution in [0, 0.1) is 0 Å². The van der Waals surface area contributed by atoms with Crippen molar-refractivity contribution in [1.82, 2.24) is 14.9 Å². The van der Waals surface area contributed by atoms with Crippen molar-refractivity contribution in [2.24, 2.45) is 0 Å². The number of esters is 1. The summed E-state index contributed by atoms with van der Waals surface area (Å²) in [5.74, 6) is -0.753. The van der Waals surface area contributed by atoms with Crippen molar-refractivity contribution in [1.29, 1.82) is 0 Å². The summed E-state index contributed by atoms with van der Waals surface area (Å²) in [5.41, 5.74) is 6.33. The molecular weight excluding hydrogens is 296 g/mol. The lowest BCUT2D eigenvalue weighted by molar-refractivity contribution is 0.0596. The quantitative estimate of drug-likeness (QED) is 0.537. The molecule has 112 valence electrons. The zero-order valence-electron chi connectivity index (χ0n) is 11.2. The molecule has 4 N–H and O–H groups in total. The van der Waals surface area contributed by atoms with Gasteiger partial charge in [-0.05, 0) is 24.3 Å². The highest BCUT2D eigenvalue weighted by Crippen LogP contribution is 2.20. The van der Waals surface area contributed by atoms with Gasteiger partial charge in [0, 0.05) is 11.9 Å². The van der Waals surface area contributed by atoms with Gasteiger partial charge in [-0.25, -0.2) is 17.9 Å². The van der Waals surface area contributed by atoms with Gasteiger partial charge in [-0.2, -0.15) is 5.10 Å². The van der Waals surface area contributed by atoms with Gasteiger partial charge in [0.05, 0.1) is 29.8 Å². The average molecular weight is 310 g/mol. The smallest absolute Gasteiger partial charge is 0.339 e. The first-order valence-electron chi connectivity index (χ1n) is 5.90. The van der Waals surface area contributed by atoms with Crippen LogP contribution in [0.2, 0.25) is 0 Å². The molecule has 0 radical (unpaired) electrons. The molecule has 0 bridgehead atoms. The van der Waals surface area contributed by atoms with Crippen LogP contribution in [0.25, 0.3) is 0 Å². The third-order valence-electron chi connectivity index (χ3n) is 2.71. The zero-order chi connectivity index (χ0) is 15.5. The van der Waals surface area contributed by atoms with E-state index in [0.29, 0.717) is 5.69 Å². The van der Waals surface area contributed by atoms with E-state index in [1.807, 2.05) is 0 Å². The number of carbonyl (C=O) groups excluding carboxylic acids is 1. The van der Waals surface area contributed by atoms with Crippen LogP contribution >= 0.6 is 0 Å². The van der Waals surface area contributed by atoms with E-state index in [0.717, 1.165) is 0 Å². The Hall–Kier alpha value is -2.39. The number of carbonyl (C=O) groups is 1. The Morgan fingerprint density at radius 1 is 1.43 bits per heavy atom. The molecule has 0 aliphatic carbocycles. The molecule has 1 heterocycles. The molecule has 0 spiro atoms. The maximum atomic E-state index is 12.3. The lowest BCUT2D eigenvalue weighted by Gasteiger charge is -2.10. The monoisotopic (exact) mass is 310 g/mol. The molecule has 21 heavy (non-hydrogen) atoms. The molecule has 0 atom stereocenters. The number of hydrogen-bond acceptors (Lipinski definition) is 6. The van der Waals surface area contributed by atoms with Crippen LogP contribution < -0.4 is 10.5 Å². The molecular formula is C12H14N4O4S. The molecule has 0 saturated heterocycles. The van der Waals surface area contributed by atoms with E-state index >= 15 is 0 Å². The summed E-state index contributed by atoms with van der Waals surface area (Å²) >= 11 is 0. The van der Waals surface area contributed by atoms with Crippen molar-refractivity contribution in [3.05, 3.63) is 41.7 Å². The van der Waals surface area contributed by atoms with E-state index in [2.05, 4.69) is 19.7 Å². The van der Waals surface area contributed by atoms with E-state index in [1.165, 1.54) is 31.5 Å². The van der Waals surface area contributed by atoms with E-state index in [9.17, 15) is 13.2 Å². The van der Waals surface area contributed by atoms with Crippen LogP contribution in [0.5, 0.6) is 0 Å². The zero-order valence-corrected chi connectivity index (χ0v) is 12.0. The Labute approximate surface area is 121 Å². The summed E-state index contributed by atoms with van der Waals surface area (Å²) in [6.45, 7) is 0.0117. The molecule has 1 aromatic carbocycles. The number of nitrogens with two attached hydrogens (primary N) is 1. The molecule has 9 heteroatoms. The molecule has 0 amide bonds. The number of methoxy groups -OCH3 is 1. The third-order valence-corrected chi connectivity index (χ3v) is 4.15. The normalized spacial score (nSPS) is 11.3. The minimum Gasteiger partial charge on any atom is -0.465 e. The summed E-state index contributed by atoms with van der Waals surface area (Å²) < 4.78 is 31.6. The second-order valence-electron chi connectivity index (χ2n) is 4.15. The van der Waals surface area contributed by atoms with Gasteiger partial charge in [0.1, 0.15) is 0 Å². The summed E-state index contributed by atoms with van der Waals surface area (Å²) in [4.78, 5) is 11.4. The van der Waals surface area contributed by atoms with E-state index in [4.69, 9.17) is 5.73 Å². The number of benzene rings is 1. The summed E-state index contributed by atoms with van der Waals surface area (Å²) in [7, 11) is -2.75. The maximum absolute atomic E-state index is 12.3. The largest absolute Gasteiger partial charge is 0.465 e. The van der Waals surface area contributed by atoms with Crippen LogP contribution in [0.4, 0.5) is 5.69 Å². The van der Waals surface area contributed by atoms with Gasteiger partial charge >= 0.3 is 5.97 Å². The summed E-state index contributed by atoms with van der Waals surface area (Å²) in [5, 5.41) is 6.34. The van der Waals surface area contributed by atoms with Crippen LogP contribution in [0.3, 0.4) is 0 Å². The number of nitrogens with zero attached hydrogens (tertiary/aromatic N) is 1. The van der Waals surface area contributed by atoms with Crippen LogP contribution in [-0.2, 0) is 21.3 Å². The second kappa shape index (κ2) is 5.94. The number of nitrogens with one attached hydrogen (secondary N) is 2. The Balaban J connectivity index is 2.34. The van der Waals surface area contributed by atoms with Crippen molar-refractivity contribution in [3.63, 3.8) is 0 Å². The standard InChI is InChI=1S/C12H14N4O4S/c1-20-12(17)10-3-2-8(13)6-11(10)21(18,19)15-7-9-4-5-14-16-9/h2-6,15H,7,13H2,1H3,(H,14,16). The van der Waals surface area contributed by atoms with Gasteiger partial charge < -0.3 is 10.5 Å². The number of aromatic nitrogens is 2. The summed E-state index contributed by atoms with van der Waals surface area (Å²) in [6.07, 6.45) is 1.50. The molecule has 2 aromatic rings. The van der Waals surface area contributed by atoms with Gasteiger partial charge in [-0.15, -0.1) is 0 Å². The van der Waals surface area contributed by atoms with Gasteiger partial charge in [0.25, 0.3) is 0 Å². The number of rotatable bonds is 5. The topological polar surface area (TPSA) is 127 Å². The van der Waals surface area contributed by atoms with Crippen LogP contribution in [0.15, 0.2) is 35.4 Å². The van der Waals surface area contributed by atoms with E-state index in [-0.39, 0.29) is 22.7 Å². The fourth-order valence-corrected chi connectivity index (χ4v) is 2.91. The predicted octanol–water partition coefficient (Wildman–Crippen LogP) is 0.257. The average Bonchev–Trinajstić information content (AvgIpc) is 2.98. The van der Waals surface area contributed by atoms with E-state index < -0.39 is 16.0 Å². The van der Waals surface area contributed by atoms with Gasteiger partial charge in [0.15, 0.2) is 0 Å². The number of aromatic amines is 1. The second-order valence-corrected chi connectivity index (χ2v) is 5.89. The van der Waals surface area contributed by atoms with Crippen molar-refractivity contribution in [3.8, 4) is 0 Å². The Kier molecular flexibility index (Phi) is 4.24. The summed E-state index contributed by atoms with van der Waals surface area (Å²) in [6, 6.07) is 5.58. The van der Waals surface area contributed by atoms with Crippen molar-refractivity contribution >= 4 is 21.7 Å². The van der Waals surface area contributed by atoms with E-state index in [1.54, 1.807) is 6.07 Å². The number of sulfonamides is 1. The molecule has 0 aliphatic rings. The third kappa shape index (κ3) is 3.38. The lowest BCUT2D eigenvalue weighted by atomic mass is 10.2. The molecule has 8 nitrogen and oxygen atoms in total. The number of nitrogen functional groups attached to an aromatic ring is 1. The van der Waals surface area contributed by atoms with Gasteiger partial charge in [-0.1, -0.05) is 0 Å². The minimum absolute atomic E-state index is 0.0117. The predicted molar refractivity (Wildman–Crippen MR) is 74.8 cm³/mol. The first kappa shape index (κ1) is 15.0. The minimum atomic E-state index is -3.92. The fraction of sp³-hybridized carbons (Fsp3) is 0.167. The molecule has 0 aliphatic heterocycles. The Morgan fingerprint density at radius 3 is 2.81 bits per heavy atom. The molecule has 0 fully saturated rings. The van der Waals surface area contributed by atoms with Crippen LogP contribution in [0.1, 0.15) is 16.1 Å². The highest BCUT2D eigenvalue weighted by Gasteiger charge is 2.23. The fourth-order valence-electron chi connectivity index (χ4n) is 1.67. The van der Waals surface area contributed by atoms with Gasteiger partial charge in [0.2, 0.25) is 10.0 Å². The van der Waals surface area contributed by atoms with Crippen molar-refractivity contribution < 1.29 is 17.9 Å². The van der Waals surface area contributed by atoms with Gasteiger partial charge in [-0.3, -0.25) is 5.10 Å². The maximum Gasteiger partial charge on any atom is 0.339 e. The molecule has 1 aromatic heterocycles. The molecule has 0 saturated carbocycles. The molecule has 0 unspecified atom stereocenters. The number of H-pyrrole nitrogens is 1. The first-order valence-corrected chi connectivity index (χ1v) is 7.38. The highest BCUT2D eigenvalue weighted by molar-refractivity contribution is 7.89. The number of anilines is 1. The molecule has 2 rings (SSSR count). The SMILES string of the molecule is COC(=O)c1ccc(N)cc1S(=O)(=O)NCc1ccn[nH]1. The van der Waals surface area contributed by atoms with Crippen molar-refractivity contribution in [2.75, 3.05) is 12.8 Å². The number of ether oxygens (including phenoxy) is 1. The van der Waals surface area contributed by atoms with Crippen molar-refractivity contribution in [2.45, 2.75) is 11.4 Å². The van der Waals surface area contributed by atoms with Crippen LogP contribution in [-0.4, -0.2) is 31.7 Å². The highest BCUT2D eigenvalue weighted by atomic mass is 32.2. The Bertz CT molecular complexity index is 741. The number of hydrogen-bond donors (Lipinski definition) is 3.